The first-order chi connectivity index (χ1) is 11.8. The maximum atomic E-state index is 12.1. The summed E-state index contributed by atoms with van der Waals surface area (Å²) in [5.74, 6) is 1.04. The van der Waals surface area contributed by atoms with Gasteiger partial charge in [-0.25, -0.2) is 0 Å². The van der Waals surface area contributed by atoms with E-state index < -0.39 is 0 Å². The monoisotopic (exact) mass is 358 g/mol. The first kappa shape index (κ1) is 18.8. The highest BCUT2D eigenvalue weighted by Crippen LogP contribution is 2.35. The van der Waals surface area contributed by atoms with E-state index >= 15 is 0 Å². The lowest BCUT2D eigenvalue weighted by Crippen LogP contribution is -2.20. The van der Waals surface area contributed by atoms with Crippen molar-refractivity contribution in [3.8, 4) is 17.6 Å². The van der Waals surface area contributed by atoms with E-state index in [-0.39, 0.29) is 17.9 Å². The van der Waals surface area contributed by atoms with E-state index in [9.17, 15) is 10.1 Å². The van der Waals surface area contributed by atoms with E-state index in [0.717, 1.165) is 11.3 Å². The molecule has 0 fully saturated rings. The van der Waals surface area contributed by atoms with E-state index in [4.69, 9.17) is 9.47 Å². The predicted octanol–water partition coefficient (Wildman–Crippen LogP) is 4.33. The number of nitrogens with zero attached hydrogens (tertiary/aromatic N) is 1. The molecule has 1 aromatic carbocycles. The highest BCUT2D eigenvalue weighted by Gasteiger charge is 2.23. The molecule has 0 aliphatic heterocycles. The summed E-state index contributed by atoms with van der Waals surface area (Å²) in [4.78, 5) is 12.1. The molecule has 0 atom stereocenters. The molecular formula is C19H22N2O3S. The van der Waals surface area contributed by atoms with Crippen molar-refractivity contribution >= 4 is 22.2 Å². The number of rotatable bonds is 6. The molecule has 1 N–H and O–H groups in total. The van der Waals surface area contributed by atoms with Crippen LogP contribution in [0.1, 0.15) is 38.8 Å². The van der Waals surface area contributed by atoms with Crippen LogP contribution in [0.4, 0.5) is 5.00 Å². The van der Waals surface area contributed by atoms with Crippen LogP contribution >= 0.6 is 11.3 Å². The van der Waals surface area contributed by atoms with Crippen LogP contribution in [0.2, 0.25) is 0 Å². The molecule has 0 aliphatic rings. The third kappa shape index (κ3) is 4.97. The Morgan fingerprint density at radius 1 is 1.20 bits per heavy atom. The minimum atomic E-state index is -0.298. The Labute approximate surface area is 152 Å². The van der Waals surface area contributed by atoms with E-state index in [0.29, 0.717) is 22.9 Å². The summed E-state index contributed by atoms with van der Waals surface area (Å²) in [6.45, 7) is 8.51. The number of hydrogen-bond acceptors (Lipinski definition) is 5. The summed E-state index contributed by atoms with van der Waals surface area (Å²) >= 11 is 1.36. The topological polar surface area (TPSA) is 71.3 Å². The van der Waals surface area contributed by atoms with Gasteiger partial charge in [-0.15, -0.1) is 11.3 Å². The highest BCUT2D eigenvalue weighted by atomic mass is 32.1. The van der Waals surface area contributed by atoms with Crippen LogP contribution in [0, 0.1) is 11.3 Å². The Bertz CT molecular complexity index is 767. The Kier molecular flexibility index (Phi) is 6.05. The van der Waals surface area contributed by atoms with Gasteiger partial charge in [0.1, 0.15) is 22.6 Å². The van der Waals surface area contributed by atoms with Gasteiger partial charge in [0.15, 0.2) is 6.61 Å². The zero-order valence-electron chi connectivity index (χ0n) is 14.9. The minimum Gasteiger partial charge on any atom is -0.494 e. The summed E-state index contributed by atoms with van der Waals surface area (Å²) in [6.07, 6.45) is 0. The van der Waals surface area contributed by atoms with Gasteiger partial charge >= 0.3 is 0 Å². The molecule has 1 amide bonds. The molecular weight excluding hydrogens is 336 g/mol. The van der Waals surface area contributed by atoms with Gasteiger partial charge < -0.3 is 14.8 Å². The van der Waals surface area contributed by atoms with Crippen molar-refractivity contribution in [1.29, 1.82) is 5.26 Å². The Balaban J connectivity index is 1.97. The largest absolute Gasteiger partial charge is 0.494 e. The summed E-state index contributed by atoms with van der Waals surface area (Å²) in [5, 5.41) is 14.6. The van der Waals surface area contributed by atoms with Crippen LogP contribution in [-0.2, 0) is 10.2 Å². The fourth-order valence-corrected chi connectivity index (χ4v) is 3.38. The van der Waals surface area contributed by atoms with Crippen LogP contribution in [0.25, 0.3) is 0 Å². The number of amides is 1. The number of nitriles is 1. The van der Waals surface area contributed by atoms with Gasteiger partial charge in [0.05, 0.1) is 12.2 Å². The zero-order chi connectivity index (χ0) is 18.4. The number of thiophene rings is 1. The number of ether oxygens (including phenoxy) is 2. The quantitative estimate of drug-likeness (QED) is 0.834. The maximum Gasteiger partial charge on any atom is 0.262 e. The molecule has 6 heteroatoms. The molecule has 2 rings (SSSR count). The second-order valence-corrected chi connectivity index (χ2v) is 7.34. The molecule has 0 saturated heterocycles. The number of carbonyl (C=O) groups excluding carboxylic acids is 1. The van der Waals surface area contributed by atoms with Gasteiger partial charge in [-0.05, 0) is 47.5 Å². The second-order valence-electron chi connectivity index (χ2n) is 6.46. The molecule has 0 bridgehead atoms. The molecule has 1 aromatic heterocycles. The van der Waals surface area contributed by atoms with Crippen LogP contribution in [0.5, 0.6) is 11.5 Å². The smallest absolute Gasteiger partial charge is 0.262 e. The van der Waals surface area contributed by atoms with Gasteiger partial charge in [0.2, 0.25) is 0 Å². The molecule has 0 spiro atoms. The van der Waals surface area contributed by atoms with Gasteiger partial charge in [-0.1, -0.05) is 20.8 Å². The number of anilines is 1. The van der Waals surface area contributed by atoms with Crippen LogP contribution in [0.15, 0.2) is 29.6 Å². The van der Waals surface area contributed by atoms with E-state index in [1.54, 1.807) is 24.3 Å². The van der Waals surface area contributed by atoms with E-state index in [2.05, 4.69) is 11.4 Å². The summed E-state index contributed by atoms with van der Waals surface area (Å²) in [7, 11) is 0. The SMILES string of the molecule is CCOc1ccc(OCC(=O)Nc2scc(C(C)(C)C)c2C#N)cc1. The second kappa shape index (κ2) is 8.04. The highest BCUT2D eigenvalue weighted by molar-refractivity contribution is 7.14. The van der Waals surface area contributed by atoms with Crippen molar-refractivity contribution < 1.29 is 14.3 Å². The molecule has 1 heterocycles. The van der Waals surface area contributed by atoms with Gasteiger partial charge in [-0.3, -0.25) is 4.79 Å². The summed E-state index contributed by atoms with van der Waals surface area (Å²) in [6, 6.07) is 9.27. The number of hydrogen-bond donors (Lipinski definition) is 1. The summed E-state index contributed by atoms with van der Waals surface area (Å²) in [5.41, 5.74) is 1.30. The van der Waals surface area contributed by atoms with Crippen molar-refractivity contribution in [2.75, 3.05) is 18.5 Å². The fourth-order valence-electron chi connectivity index (χ4n) is 2.22. The van der Waals surface area contributed by atoms with Gasteiger partial charge in [0, 0.05) is 0 Å². The number of benzene rings is 1. The standard InChI is InChI=1S/C19H22N2O3S/c1-5-23-13-6-8-14(9-7-13)24-11-17(22)21-18-15(10-20)16(12-25-18)19(2,3)4/h6-9,12H,5,11H2,1-4H3,(H,21,22). The van der Waals surface area contributed by atoms with E-state index in [1.165, 1.54) is 11.3 Å². The Hall–Kier alpha value is -2.52. The van der Waals surface area contributed by atoms with Gasteiger partial charge in [-0.2, -0.15) is 5.26 Å². The molecule has 0 saturated carbocycles. The molecule has 2 aromatic rings. The molecule has 0 unspecified atom stereocenters. The summed E-state index contributed by atoms with van der Waals surface area (Å²) < 4.78 is 10.8. The van der Waals surface area contributed by atoms with E-state index in [1.807, 2.05) is 33.1 Å². The van der Waals surface area contributed by atoms with Crippen LogP contribution < -0.4 is 14.8 Å². The fraction of sp³-hybridized carbons (Fsp3) is 0.368. The molecule has 0 radical (unpaired) electrons. The molecule has 132 valence electrons. The maximum absolute atomic E-state index is 12.1. The van der Waals surface area contributed by atoms with Crippen molar-refractivity contribution in [1.82, 2.24) is 0 Å². The minimum absolute atomic E-state index is 0.123. The van der Waals surface area contributed by atoms with Crippen molar-refractivity contribution in [3.63, 3.8) is 0 Å². The third-order valence-corrected chi connectivity index (χ3v) is 4.36. The van der Waals surface area contributed by atoms with Crippen LogP contribution in [-0.4, -0.2) is 19.1 Å². The van der Waals surface area contributed by atoms with Crippen LogP contribution in [0.3, 0.4) is 0 Å². The lowest BCUT2D eigenvalue weighted by molar-refractivity contribution is -0.118. The molecule has 25 heavy (non-hydrogen) atoms. The average molecular weight is 358 g/mol. The van der Waals surface area contributed by atoms with Crippen molar-refractivity contribution in [3.05, 3.63) is 40.8 Å². The van der Waals surface area contributed by atoms with Crippen molar-refractivity contribution in [2.45, 2.75) is 33.1 Å². The number of carbonyl (C=O) groups is 1. The van der Waals surface area contributed by atoms with Crippen molar-refractivity contribution in [2.24, 2.45) is 0 Å². The third-order valence-electron chi connectivity index (χ3n) is 3.47. The molecule has 5 nitrogen and oxygen atoms in total. The van der Waals surface area contributed by atoms with Gasteiger partial charge in [0.25, 0.3) is 5.91 Å². The first-order valence-electron chi connectivity index (χ1n) is 8.02. The lowest BCUT2D eigenvalue weighted by Gasteiger charge is -2.17. The molecule has 0 aliphatic carbocycles. The zero-order valence-corrected chi connectivity index (χ0v) is 15.7. The predicted molar refractivity (Wildman–Crippen MR) is 99.5 cm³/mol. The number of nitrogens with one attached hydrogen (secondary N) is 1. The normalized spacial score (nSPS) is 10.8. The lowest BCUT2D eigenvalue weighted by atomic mass is 9.86. The Morgan fingerprint density at radius 3 is 2.32 bits per heavy atom. The first-order valence-corrected chi connectivity index (χ1v) is 8.90. The average Bonchev–Trinajstić information content (AvgIpc) is 2.97. The Morgan fingerprint density at radius 2 is 1.80 bits per heavy atom.